The standard InChI is InChI=1S/C28H30N2O2/c1-3-32-28(31)27-24-15-23(21-14-8-12-18-9-6-7-13-20(18)21)22(19-10-4-5-11-19)16-25(24)30(2)26(27)17-29/h6-9,12-16,19H,3-5,10-11,17,29H2,1-2H3. The van der Waals surface area contributed by atoms with Crippen molar-refractivity contribution in [1.82, 2.24) is 4.57 Å². The summed E-state index contributed by atoms with van der Waals surface area (Å²) in [6.07, 6.45) is 4.96. The lowest BCUT2D eigenvalue weighted by Gasteiger charge is -2.18. The van der Waals surface area contributed by atoms with Crippen molar-refractivity contribution < 1.29 is 9.53 Å². The van der Waals surface area contributed by atoms with Crippen molar-refractivity contribution in [2.24, 2.45) is 12.8 Å². The average Bonchev–Trinajstić information content (AvgIpc) is 3.44. The number of hydrogen-bond donors (Lipinski definition) is 1. The first-order chi connectivity index (χ1) is 15.6. The lowest BCUT2D eigenvalue weighted by Crippen LogP contribution is -2.12. The van der Waals surface area contributed by atoms with Crippen molar-refractivity contribution >= 4 is 27.6 Å². The highest BCUT2D eigenvalue weighted by Gasteiger charge is 2.27. The first-order valence-electron chi connectivity index (χ1n) is 11.6. The van der Waals surface area contributed by atoms with Crippen molar-refractivity contribution in [2.45, 2.75) is 45.1 Å². The molecule has 0 unspecified atom stereocenters. The number of aromatic nitrogens is 1. The number of hydrogen-bond acceptors (Lipinski definition) is 3. The topological polar surface area (TPSA) is 57.2 Å². The Morgan fingerprint density at radius 2 is 1.78 bits per heavy atom. The Morgan fingerprint density at radius 3 is 2.53 bits per heavy atom. The number of benzene rings is 3. The van der Waals surface area contributed by atoms with E-state index in [1.54, 1.807) is 0 Å². The Kier molecular flexibility index (Phi) is 5.48. The van der Waals surface area contributed by atoms with Gasteiger partial charge in [-0.15, -0.1) is 0 Å². The van der Waals surface area contributed by atoms with E-state index in [-0.39, 0.29) is 5.97 Å². The Balaban J connectivity index is 1.85. The molecule has 1 fully saturated rings. The minimum absolute atomic E-state index is 0.293. The summed E-state index contributed by atoms with van der Waals surface area (Å²) in [6.45, 7) is 2.47. The molecule has 0 atom stereocenters. The van der Waals surface area contributed by atoms with Gasteiger partial charge < -0.3 is 15.0 Å². The van der Waals surface area contributed by atoms with Crippen LogP contribution in [0.2, 0.25) is 0 Å². The fourth-order valence-electron chi connectivity index (χ4n) is 5.49. The number of fused-ring (bicyclic) bond motifs is 2. The second-order valence-corrected chi connectivity index (χ2v) is 8.77. The van der Waals surface area contributed by atoms with E-state index >= 15 is 0 Å². The van der Waals surface area contributed by atoms with Crippen LogP contribution in [-0.2, 0) is 18.3 Å². The van der Waals surface area contributed by atoms with Crippen LogP contribution in [0.15, 0.2) is 54.6 Å². The van der Waals surface area contributed by atoms with Crippen molar-refractivity contribution in [3.63, 3.8) is 0 Å². The molecule has 0 aliphatic heterocycles. The summed E-state index contributed by atoms with van der Waals surface area (Å²) >= 11 is 0. The van der Waals surface area contributed by atoms with E-state index in [0.717, 1.165) is 16.6 Å². The van der Waals surface area contributed by atoms with Gasteiger partial charge in [0.05, 0.1) is 12.2 Å². The number of ether oxygens (including phenoxy) is 1. The van der Waals surface area contributed by atoms with Gasteiger partial charge in [-0.3, -0.25) is 0 Å². The normalized spacial score (nSPS) is 14.5. The number of nitrogens with zero attached hydrogens (tertiary/aromatic N) is 1. The smallest absolute Gasteiger partial charge is 0.340 e. The van der Waals surface area contributed by atoms with Gasteiger partial charge in [-0.25, -0.2) is 4.79 Å². The van der Waals surface area contributed by atoms with E-state index in [1.807, 2.05) is 14.0 Å². The Morgan fingerprint density at radius 1 is 1.03 bits per heavy atom. The highest BCUT2D eigenvalue weighted by atomic mass is 16.5. The van der Waals surface area contributed by atoms with Gasteiger partial charge in [-0.05, 0) is 65.3 Å². The monoisotopic (exact) mass is 426 g/mol. The molecule has 1 aliphatic rings. The summed E-state index contributed by atoms with van der Waals surface area (Å²) in [7, 11) is 2.00. The van der Waals surface area contributed by atoms with Crippen molar-refractivity contribution in [3.05, 3.63) is 71.4 Å². The summed E-state index contributed by atoms with van der Waals surface area (Å²) in [5.41, 5.74) is 12.4. The zero-order chi connectivity index (χ0) is 22.2. The third-order valence-corrected chi connectivity index (χ3v) is 7.04. The molecule has 0 spiro atoms. The maximum absolute atomic E-state index is 13.0. The number of carbonyl (C=O) groups is 1. The molecule has 3 aromatic carbocycles. The maximum atomic E-state index is 13.0. The second-order valence-electron chi connectivity index (χ2n) is 8.77. The highest BCUT2D eigenvalue weighted by Crippen LogP contribution is 2.44. The van der Waals surface area contributed by atoms with Crippen LogP contribution in [-0.4, -0.2) is 17.1 Å². The van der Waals surface area contributed by atoms with Gasteiger partial charge in [0, 0.05) is 30.2 Å². The molecule has 0 bridgehead atoms. The average molecular weight is 427 g/mol. The third-order valence-electron chi connectivity index (χ3n) is 7.04. The molecule has 1 aliphatic carbocycles. The molecule has 5 rings (SSSR count). The van der Waals surface area contributed by atoms with Crippen LogP contribution in [0.3, 0.4) is 0 Å². The first-order valence-corrected chi connectivity index (χ1v) is 11.6. The molecule has 2 N–H and O–H groups in total. The maximum Gasteiger partial charge on any atom is 0.340 e. The fourth-order valence-corrected chi connectivity index (χ4v) is 5.49. The van der Waals surface area contributed by atoms with Crippen LogP contribution in [0.25, 0.3) is 32.8 Å². The highest BCUT2D eigenvalue weighted by molar-refractivity contribution is 6.08. The number of aryl methyl sites for hydroxylation is 1. The molecule has 32 heavy (non-hydrogen) atoms. The zero-order valence-electron chi connectivity index (χ0n) is 18.9. The van der Waals surface area contributed by atoms with Gasteiger partial charge in [0.2, 0.25) is 0 Å². The summed E-state index contributed by atoms with van der Waals surface area (Å²) in [4.78, 5) is 13.0. The molecule has 1 heterocycles. The molecular formula is C28H30N2O2. The molecule has 1 aromatic heterocycles. The summed E-state index contributed by atoms with van der Waals surface area (Å²) in [5, 5.41) is 3.39. The predicted molar refractivity (Wildman–Crippen MR) is 131 cm³/mol. The van der Waals surface area contributed by atoms with Gasteiger partial charge in [0.25, 0.3) is 0 Å². The minimum atomic E-state index is -0.295. The van der Waals surface area contributed by atoms with Crippen LogP contribution >= 0.6 is 0 Å². The van der Waals surface area contributed by atoms with E-state index in [9.17, 15) is 4.79 Å². The fraction of sp³-hybridized carbons (Fsp3) is 0.321. The summed E-state index contributed by atoms with van der Waals surface area (Å²) in [6, 6.07) is 19.5. The number of carbonyl (C=O) groups excluding carboxylic acids is 1. The second kappa shape index (κ2) is 8.44. The molecule has 4 nitrogen and oxygen atoms in total. The summed E-state index contributed by atoms with van der Waals surface area (Å²) < 4.78 is 7.51. The first kappa shape index (κ1) is 20.8. The summed E-state index contributed by atoms with van der Waals surface area (Å²) in [5.74, 6) is 0.242. The van der Waals surface area contributed by atoms with Gasteiger partial charge >= 0.3 is 5.97 Å². The SMILES string of the molecule is CCOC(=O)c1c(CN)n(C)c2cc(C3CCCC3)c(-c3cccc4ccccc34)cc12. The molecule has 0 amide bonds. The third kappa shape index (κ3) is 3.30. The van der Waals surface area contributed by atoms with Crippen molar-refractivity contribution in [2.75, 3.05) is 6.61 Å². The van der Waals surface area contributed by atoms with E-state index in [0.29, 0.717) is 24.6 Å². The number of nitrogens with two attached hydrogens (primary N) is 1. The van der Waals surface area contributed by atoms with Gasteiger partial charge in [0.1, 0.15) is 0 Å². The molecule has 4 aromatic rings. The van der Waals surface area contributed by atoms with Gasteiger partial charge in [-0.2, -0.15) is 0 Å². The Hall–Kier alpha value is -3.11. The van der Waals surface area contributed by atoms with Crippen LogP contribution in [0.1, 0.15) is 60.1 Å². The lowest BCUT2D eigenvalue weighted by molar-refractivity contribution is 0.0527. The lowest BCUT2D eigenvalue weighted by atomic mass is 9.86. The van der Waals surface area contributed by atoms with Crippen LogP contribution in [0.4, 0.5) is 0 Å². The molecule has 1 saturated carbocycles. The molecule has 0 radical (unpaired) electrons. The predicted octanol–water partition coefficient (Wildman–Crippen LogP) is 6.29. The van der Waals surface area contributed by atoms with E-state index in [4.69, 9.17) is 10.5 Å². The number of rotatable bonds is 5. The van der Waals surface area contributed by atoms with E-state index in [1.165, 1.54) is 53.1 Å². The van der Waals surface area contributed by atoms with Crippen LogP contribution in [0.5, 0.6) is 0 Å². The molecular weight excluding hydrogens is 396 g/mol. The molecule has 0 saturated heterocycles. The van der Waals surface area contributed by atoms with Crippen LogP contribution < -0.4 is 5.73 Å². The molecule has 164 valence electrons. The van der Waals surface area contributed by atoms with Crippen LogP contribution in [0, 0.1) is 0 Å². The number of esters is 1. The minimum Gasteiger partial charge on any atom is -0.462 e. The quantitative estimate of drug-likeness (QED) is 0.382. The van der Waals surface area contributed by atoms with Gasteiger partial charge in [-0.1, -0.05) is 55.3 Å². The Labute approximate surface area is 189 Å². The van der Waals surface area contributed by atoms with Crippen molar-refractivity contribution in [1.29, 1.82) is 0 Å². The Bertz CT molecular complexity index is 1310. The molecule has 4 heteroatoms. The van der Waals surface area contributed by atoms with E-state index in [2.05, 4.69) is 59.2 Å². The zero-order valence-corrected chi connectivity index (χ0v) is 18.9. The van der Waals surface area contributed by atoms with Crippen molar-refractivity contribution in [3.8, 4) is 11.1 Å². The van der Waals surface area contributed by atoms with Gasteiger partial charge in [0.15, 0.2) is 0 Å². The van der Waals surface area contributed by atoms with E-state index < -0.39 is 0 Å². The largest absolute Gasteiger partial charge is 0.462 e.